The lowest BCUT2D eigenvalue weighted by atomic mass is 10.1. The molecular formula is C20H24N2O5S2. The van der Waals surface area contributed by atoms with Crippen LogP contribution in [0, 0.1) is 6.92 Å². The average Bonchev–Trinajstić information content (AvgIpc) is 3.13. The molecule has 2 amide bonds. The molecule has 1 aromatic heterocycles. The third-order valence-corrected chi connectivity index (χ3v) is 8.45. The van der Waals surface area contributed by atoms with Crippen LogP contribution >= 0.6 is 11.3 Å². The van der Waals surface area contributed by atoms with E-state index in [1.165, 1.54) is 11.3 Å². The van der Waals surface area contributed by atoms with Gasteiger partial charge in [0.15, 0.2) is 9.84 Å². The molecule has 9 heteroatoms. The average molecular weight is 437 g/mol. The highest BCUT2D eigenvalue weighted by molar-refractivity contribution is 7.92. The van der Waals surface area contributed by atoms with Crippen molar-refractivity contribution >= 4 is 33.2 Å². The maximum Gasteiger partial charge on any atom is 0.404 e. The first kappa shape index (κ1) is 21.3. The van der Waals surface area contributed by atoms with Crippen molar-refractivity contribution in [2.75, 3.05) is 19.6 Å². The number of nitrogens with zero attached hydrogens (tertiary/aromatic N) is 1. The Hall–Kier alpha value is -2.39. The maximum absolute atomic E-state index is 13.0. The van der Waals surface area contributed by atoms with E-state index in [0.29, 0.717) is 32.4 Å². The molecular weight excluding hydrogens is 412 g/mol. The van der Waals surface area contributed by atoms with Gasteiger partial charge in [-0.15, -0.1) is 11.3 Å². The van der Waals surface area contributed by atoms with Crippen LogP contribution in [0.25, 0.3) is 0 Å². The Labute approximate surface area is 174 Å². The predicted molar refractivity (Wildman–Crippen MR) is 111 cm³/mol. The van der Waals surface area contributed by atoms with Gasteiger partial charge in [-0.05, 0) is 60.9 Å². The van der Waals surface area contributed by atoms with Crippen LogP contribution < -0.4 is 5.32 Å². The van der Waals surface area contributed by atoms with Crippen LogP contribution in [-0.2, 0) is 16.3 Å². The molecule has 0 atom stereocenters. The molecule has 0 bridgehead atoms. The minimum atomic E-state index is -3.47. The van der Waals surface area contributed by atoms with Crippen LogP contribution in [0.3, 0.4) is 0 Å². The minimum absolute atomic E-state index is 0.0207. The summed E-state index contributed by atoms with van der Waals surface area (Å²) >= 11 is 1.42. The summed E-state index contributed by atoms with van der Waals surface area (Å²) in [6.45, 7) is 3.04. The Kier molecular flexibility index (Phi) is 6.59. The summed E-state index contributed by atoms with van der Waals surface area (Å²) in [5.74, 6) is -0.0207. The molecule has 1 saturated heterocycles. The molecule has 2 N–H and O–H groups in total. The molecule has 1 aliphatic heterocycles. The van der Waals surface area contributed by atoms with Gasteiger partial charge in [0.1, 0.15) is 0 Å². The third-order valence-electron chi connectivity index (χ3n) is 5.17. The van der Waals surface area contributed by atoms with Crippen LogP contribution in [0.5, 0.6) is 0 Å². The summed E-state index contributed by atoms with van der Waals surface area (Å²) in [5.41, 5.74) is 1.82. The fourth-order valence-electron chi connectivity index (χ4n) is 3.46. The van der Waals surface area contributed by atoms with Gasteiger partial charge in [0.05, 0.1) is 15.0 Å². The molecule has 0 aliphatic carbocycles. The summed E-state index contributed by atoms with van der Waals surface area (Å²) in [7, 11) is -3.47. The van der Waals surface area contributed by atoms with E-state index in [0.717, 1.165) is 16.0 Å². The summed E-state index contributed by atoms with van der Waals surface area (Å²) < 4.78 is 25.9. The van der Waals surface area contributed by atoms with Crippen molar-refractivity contribution < 1.29 is 23.1 Å². The summed E-state index contributed by atoms with van der Waals surface area (Å²) in [6.07, 6.45) is 0.254. The highest BCUT2D eigenvalue weighted by Crippen LogP contribution is 2.27. The molecule has 0 spiro atoms. The van der Waals surface area contributed by atoms with Crippen molar-refractivity contribution in [3.05, 3.63) is 51.7 Å². The minimum Gasteiger partial charge on any atom is -0.465 e. The Morgan fingerprint density at radius 1 is 1.17 bits per heavy atom. The fourth-order valence-corrected chi connectivity index (χ4v) is 6.08. The molecule has 1 fully saturated rings. The number of sulfone groups is 1. The highest BCUT2D eigenvalue weighted by Gasteiger charge is 2.33. The number of nitrogens with one attached hydrogen (secondary N) is 1. The lowest BCUT2D eigenvalue weighted by Gasteiger charge is -2.31. The van der Waals surface area contributed by atoms with Crippen LogP contribution in [0.15, 0.2) is 40.6 Å². The summed E-state index contributed by atoms with van der Waals surface area (Å²) in [5, 5.41) is 12.3. The molecule has 29 heavy (non-hydrogen) atoms. The molecule has 1 aliphatic rings. The second kappa shape index (κ2) is 8.96. The van der Waals surface area contributed by atoms with Gasteiger partial charge in [-0.2, -0.15) is 0 Å². The Morgan fingerprint density at radius 3 is 2.38 bits per heavy atom. The van der Waals surface area contributed by atoms with Gasteiger partial charge in [0.2, 0.25) is 0 Å². The number of thiophene rings is 1. The number of piperidine rings is 1. The van der Waals surface area contributed by atoms with Gasteiger partial charge in [0.25, 0.3) is 5.91 Å². The number of hydrogen-bond donors (Lipinski definition) is 2. The van der Waals surface area contributed by atoms with Gasteiger partial charge in [-0.1, -0.05) is 12.1 Å². The number of rotatable bonds is 6. The molecule has 0 radical (unpaired) electrons. The predicted octanol–water partition coefficient (Wildman–Crippen LogP) is 2.95. The summed E-state index contributed by atoms with van der Waals surface area (Å²) in [6, 6.07) is 8.51. The van der Waals surface area contributed by atoms with Crippen molar-refractivity contribution in [1.82, 2.24) is 10.2 Å². The second-order valence-electron chi connectivity index (χ2n) is 7.10. The number of carboxylic acid groups (broad SMARTS) is 1. The van der Waals surface area contributed by atoms with Gasteiger partial charge in [0, 0.05) is 19.6 Å². The molecule has 2 heterocycles. The first-order chi connectivity index (χ1) is 13.8. The molecule has 2 aromatic rings. The zero-order valence-corrected chi connectivity index (χ0v) is 17.8. The zero-order chi connectivity index (χ0) is 21.0. The van der Waals surface area contributed by atoms with Crippen LogP contribution in [-0.4, -0.2) is 55.3 Å². The van der Waals surface area contributed by atoms with Crippen LogP contribution in [0.2, 0.25) is 0 Å². The zero-order valence-electron chi connectivity index (χ0n) is 16.1. The first-order valence-corrected chi connectivity index (χ1v) is 11.8. The SMILES string of the molecule is Cc1ccsc1C(=O)N1CCC(S(=O)(=O)c2ccc(CCNC(=O)O)cc2)CC1. The first-order valence-electron chi connectivity index (χ1n) is 9.42. The second-order valence-corrected chi connectivity index (χ2v) is 10.2. The third kappa shape index (κ3) is 4.97. The number of carbonyl (C=O) groups is 2. The van der Waals surface area contributed by atoms with Gasteiger partial charge in [-0.25, -0.2) is 13.2 Å². The topological polar surface area (TPSA) is 104 Å². The largest absolute Gasteiger partial charge is 0.465 e. The van der Waals surface area contributed by atoms with E-state index in [2.05, 4.69) is 5.32 Å². The Bertz CT molecular complexity index is 975. The van der Waals surface area contributed by atoms with E-state index in [1.54, 1.807) is 29.2 Å². The standard InChI is InChI=1S/C20H24N2O5S2/c1-14-9-13-28-18(14)19(23)22-11-7-17(8-12-22)29(26,27)16-4-2-15(3-5-16)6-10-21-20(24)25/h2-5,9,13,17,21H,6-8,10-12H2,1H3,(H,24,25). The van der Waals surface area contributed by atoms with E-state index >= 15 is 0 Å². The van der Waals surface area contributed by atoms with Crippen molar-refractivity contribution in [1.29, 1.82) is 0 Å². The molecule has 156 valence electrons. The smallest absolute Gasteiger partial charge is 0.404 e. The number of benzene rings is 1. The Morgan fingerprint density at radius 2 is 1.83 bits per heavy atom. The molecule has 0 saturated carbocycles. The van der Waals surface area contributed by atoms with Crippen LogP contribution in [0.4, 0.5) is 4.79 Å². The van der Waals surface area contributed by atoms with Gasteiger partial charge < -0.3 is 15.3 Å². The van der Waals surface area contributed by atoms with Crippen molar-refractivity contribution in [3.8, 4) is 0 Å². The normalized spacial score (nSPS) is 15.3. The van der Waals surface area contributed by atoms with Crippen molar-refractivity contribution in [3.63, 3.8) is 0 Å². The van der Waals surface area contributed by atoms with E-state index < -0.39 is 21.2 Å². The Balaban J connectivity index is 1.60. The molecule has 1 aromatic carbocycles. The number of likely N-dealkylation sites (tertiary alicyclic amines) is 1. The highest BCUT2D eigenvalue weighted by atomic mass is 32.2. The molecule has 0 unspecified atom stereocenters. The van der Waals surface area contributed by atoms with Crippen molar-refractivity contribution in [2.24, 2.45) is 0 Å². The molecule has 3 rings (SSSR count). The summed E-state index contributed by atoms with van der Waals surface area (Å²) in [4.78, 5) is 25.8. The van der Waals surface area contributed by atoms with E-state index in [1.807, 2.05) is 18.4 Å². The number of carbonyl (C=O) groups excluding carboxylic acids is 1. The lowest BCUT2D eigenvalue weighted by Crippen LogP contribution is -2.42. The lowest BCUT2D eigenvalue weighted by molar-refractivity contribution is 0.0730. The van der Waals surface area contributed by atoms with Crippen LogP contribution in [0.1, 0.15) is 33.6 Å². The number of amides is 2. The van der Waals surface area contributed by atoms with Crippen molar-refractivity contribution in [2.45, 2.75) is 36.3 Å². The van der Waals surface area contributed by atoms with E-state index in [9.17, 15) is 18.0 Å². The maximum atomic E-state index is 13.0. The molecule has 7 nitrogen and oxygen atoms in total. The quantitative estimate of drug-likeness (QED) is 0.725. The van der Waals surface area contributed by atoms with E-state index in [4.69, 9.17) is 5.11 Å². The number of hydrogen-bond acceptors (Lipinski definition) is 5. The van der Waals surface area contributed by atoms with E-state index in [-0.39, 0.29) is 17.3 Å². The fraction of sp³-hybridized carbons (Fsp3) is 0.400. The van der Waals surface area contributed by atoms with Gasteiger partial charge in [-0.3, -0.25) is 4.79 Å². The van der Waals surface area contributed by atoms with Gasteiger partial charge >= 0.3 is 6.09 Å². The number of aryl methyl sites for hydroxylation is 1. The monoisotopic (exact) mass is 436 g/mol.